The molecule has 0 saturated carbocycles. The molecule has 4 amide bonds. The van der Waals surface area contributed by atoms with E-state index in [1.54, 1.807) is 91.0 Å². The largest absolute Gasteiger partial charge is 0.496 e. The maximum absolute atomic E-state index is 13.8. The summed E-state index contributed by atoms with van der Waals surface area (Å²) in [4.78, 5) is 57.5. The zero-order valence-electron chi connectivity index (χ0n) is 22.4. The molecular formula is C33H23N3O5S. The van der Waals surface area contributed by atoms with E-state index in [-0.39, 0.29) is 17.2 Å². The average Bonchev–Trinajstić information content (AvgIpc) is 3.25. The summed E-state index contributed by atoms with van der Waals surface area (Å²) in [5, 5.41) is 0.0422. The summed E-state index contributed by atoms with van der Waals surface area (Å²) in [6.45, 7) is -0.0508. The molecule has 0 atom stereocenters. The Balaban J connectivity index is 1.40. The van der Waals surface area contributed by atoms with Gasteiger partial charge in [-0.2, -0.15) is 0 Å². The van der Waals surface area contributed by atoms with Crippen molar-refractivity contribution in [2.24, 2.45) is 0 Å². The number of hydrogen-bond donors (Lipinski definition) is 0. The zero-order chi connectivity index (χ0) is 29.4. The molecule has 1 saturated heterocycles. The van der Waals surface area contributed by atoms with E-state index in [2.05, 4.69) is 0 Å². The van der Waals surface area contributed by atoms with Crippen LogP contribution in [0.5, 0.6) is 5.75 Å². The molecular weight excluding hydrogens is 550 g/mol. The van der Waals surface area contributed by atoms with Crippen molar-refractivity contribution in [3.8, 4) is 5.75 Å². The summed E-state index contributed by atoms with van der Waals surface area (Å²) < 4.78 is 5.52. The molecule has 2 heterocycles. The summed E-state index contributed by atoms with van der Waals surface area (Å²) in [5.41, 5.74) is 2.67. The minimum Gasteiger partial charge on any atom is -0.496 e. The Labute approximate surface area is 247 Å². The van der Waals surface area contributed by atoms with Crippen molar-refractivity contribution in [2.75, 3.05) is 16.9 Å². The minimum absolute atomic E-state index is 0.0422. The highest BCUT2D eigenvalue weighted by Gasteiger charge is 2.41. The van der Waals surface area contributed by atoms with Crippen LogP contribution in [0.15, 0.2) is 109 Å². The molecule has 0 radical (unpaired) electrons. The Morgan fingerprint density at radius 2 is 1.17 bits per heavy atom. The number of ether oxygens (including phenoxy) is 1. The summed E-state index contributed by atoms with van der Waals surface area (Å²) in [5.74, 6) is -1.48. The lowest BCUT2D eigenvalue weighted by Gasteiger charge is -2.36. The summed E-state index contributed by atoms with van der Waals surface area (Å²) in [7, 11) is 1.49. The van der Waals surface area contributed by atoms with E-state index in [1.807, 2.05) is 12.1 Å². The Morgan fingerprint density at radius 1 is 0.667 bits per heavy atom. The van der Waals surface area contributed by atoms with Gasteiger partial charge in [0.05, 0.1) is 36.2 Å². The number of methoxy groups -OCH3 is 1. The second-order valence-corrected chi connectivity index (χ2v) is 9.97. The molecule has 0 unspecified atom stereocenters. The van der Waals surface area contributed by atoms with Crippen molar-refractivity contribution in [2.45, 2.75) is 6.54 Å². The van der Waals surface area contributed by atoms with Gasteiger partial charge in [-0.3, -0.25) is 33.9 Å². The lowest BCUT2D eigenvalue weighted by molar-refractivity contribution is -0.120. The maximum atomic E-state index is 13.8. The average molecular weight is 574 g/mol. The Hall–Kier alpha value is -5.41. The number of carbonyl (C=O) groups excluding carboxylic acids is 4. The van der Waals surface area contributed by atoms with Gasteiger partial charge in [0.1, 0.15) is 11.3 Å². The molecule has 9 heteroatoms. The van der Waals surface area contributed by atoms with E-state index in [1.165, 1.54) is 23.0 Å². The molecule has 4 aromatic rings. The van der Waals surface area contributed by atoms with E-state index >= 15 is 0 Å². The molecule has 1 fully saturated rings. The Bertz CT molecular complexity index is 1700. The van der Waals surface area contributed by atoms with Crippen molar-refractivity contribution in [1.82, 2.24) is 4.90 Å². The van der Waals surface area contributed by atoms with E-state index < -0.39 is 23.6 Å². The van der Waals surface area contributed by atoms with Crippen LogP contribution in [0, 0.1) is 0 Å². The number of carbonyl (C=O) groups is 4. The highest BCUT2D eigenvalue weighted by Crippen LogP contribution is 2.32. The number of rotatable bonds is 6. The van der Waals surface area contributed by atoms with Gasteiger partial charge in [0.15, 0.2) is 5.11 Å². The van der Waals surface area contributed by atoms with Crippen LogP contribution in [0.1, 0.15) is 31.8 Å². The highest BCUT2D eigenvalue weighted by molar-refractivity contribution is 7.81. The second-order valence-electron chi connectivity index (χ2n) is 9.61. The number of para-hydroxylation sites is 2. The first-order valence-corrected chi connectivity index (χ1v) is 13.5. The van der Waals surface area contributed by atoms with Crippen LogP contribution in [0.25, 0.3) is 6.08 Å². The molecule has 2 aliphatic rings. The summed E-state index contributed by atoms with van der Waals surface area (Å²) >= 11 is 5.67. The normalized spacial score (nSPS) is 14.9. The number of benzene rings is 4. The Morgan fingerprint density at radius 3 is 1.67 bits per heavy atom. The first-order chi connectivity index (χ1) is 20.4. The van der Waals surface area contributed by atoms with Gasteiger partial charge in [0.2, 0.25) is 0 Å². The molecule has 42 heavy (non-hydrogen) atoms. The molecule has 6 rings (SSSR count). The number of anilines is 2. The third-order valence-electron chi connectivity index (χ3n) is 7.10. The smallest absolute Gasteiger partial charge is 0.270 e. The fourth-order valence-corrected chi connectivity index (χ4v) is 5.45. The number of hydrogen-bond acceptors (Lipinski definition) is 6. The van der Waals surface area contributed by atoms with E-state index in [0.717, 1.165) is 4.90 Å². The zero-order valence-corrected chi connectivity index (χ0v) is 23.2. The second kappa shape index (κ2) is 10.9. The molecule has 0 spiro atoms. The minimum atomic E-state index is -0.568. The van der Waals surface area contributed by atoms with E-state index in [9.17, 15) is 19.2 Å². The van der Waals surface area contributed by atoms with Crippen molar-refractivity contribution in [3.63, 3.8) is 0 Å². The van der Waals surface area contributed by atoms with Gasteiger partial charge in [0.25, 0.3) is 23.6 Å². The van der Waals surface area contributed by atoms with Gasteiger partial charge < -0.3 is 4.74 Å². The van der Waals surface area contributed by atoms with Crippen molar-refractivity contribution in [3.05, 3.63) is 131 Å². The number of thiocarbonyl (C=S) groups is 1. The quantitative estimate of drug-likeness (QED) is 0.136. The van der Waals surface area contributed by atoms with Crippen LogP contribution in [0.2, 0.25) is 0 Å². The van der Waals surface area contributed by atoms with Crippen LogP contribution in [-0.4, -0.2) is 40.8 Å². The highest BCUT2D eigenvalue weighted by atomic mass is 32.1. The molecule has 0 bridgehead atoms. The molecule has 2 aliphatic heterocycles. The van der Waals surface area contributed by atoms with Crippen molar-refractivity contribution >= 4 is 58.4 Å². The van der Waals surface area contributed by atoms with Crippen molar-refractivity contribution < 1.29 is 23.9 Å². The van der Waals surface area contributed by atoms with Gasteiger partial charge in [0, 0.05) is 5.56 Å². The van der Waals surface area contributed by atoms with Crippen molar-refractivity contribution in [1.29, 1.82) is 0 Å². The van der Waals surface area contributed by atoms with Gasteiger partial charge in [-0.25, -0.2) is 0 Å². The van der Waals surface area contributed by atoms with Gasteiger partial charge in [-0.05, 0) is 72.4 Å². The first-order valence-electron chi connectivity index (χ1n) is 13.1. The fourth-order valence-electron chi connectivity index (χ4n) is 5.07. The van der Waals surface area contributed by atoms with E-state index in [0.29, 0.717) is 39.4 Å². The molecule has 0 aromatic heterocycles. The van der Waals surface area contributed by atoms with Crippen LogP contribution in [0.3, 0.4) is 0 Å². The molecule has 8 nitrogen and oxygen atoms in total. The van der Waals surface area contributed by atoms with Crippen LogP contribution in [0.4, 0.5) is 11.4 Å². The molecule has 4 aromatic carbocycles. The summed E-state index contributed by atoms with van der Waals surface area (Å²) in [6, 6.07) is 29.5. The number of amides is 4. The van der Waals surface area contributed by atoms with Gasteiger partial charge in [-0.15, -0.1) is 0 Å². The predicted molar refractivity (Wildman–Crippen MR) is 162 cm³/mol. The number of nitrogens with zero attached hydrogens (tertiary/aromatic N) is 3. The molecule has 0 aliphatic carbocycles. The lowest BCUT2D eigenvalue weighted by Crippen LogP contribution is -2.56. The van der Waals surface area contributed by atoms with Crippen LogP contribution < -0.4 is 14.5 Å². The number of fused-ring (bicyclic) bond motifs is 1. The topological polar surface area (TPSA) is 87.2 Å². The van der Waals surface area contributed by atoms with Crippen LogP contribution >= 0.6 is 12.2 Å². The van der Waals surface area contributed by atoms with Gasteiger partial charge >= 0.3 is 0 Å². The lowest BCUT2D eigenvalue weighted by atomic mass is 10.0. The molecule has 206 valence electrons. The monoisotopic (exact) mass is 573 g/mol. The summed E-state index contributed by atoms with van der Waals surface area (Å²) in [6.07, 6.45) is 1.49. The van der Waals surface area contributed by atoms with Gasteiger partial charge in [-0.1, -0.05) is 54.6 Å². The SMILES string of the molecule is COc1ccc(C=C2C(=O)N(c3ccccc3)C(=S)N(c3ccccc3)C2=O)cc1CN1C(=O)c2ccccc2C1=O. The fraction of sp³-hybridized carbons (Fsp3) is 0.0606. The standard InChI is InChI=1S/C33H23N3O5S/c1-41-28-17-16-21(18-22(28)20-34-29(37)25-14-8-9-15-26(25)30(34)38)19-27-31(39)35(23-10-4-2-5-11-23)33(42)36(32(27)40)24-12-6-3-7-13-24/h2-19H,20H2,1H3. The van der Waals surface area contributed by atoms with E-state index in [4.69, 9.17) is 17.0 Å². The van der Waals surface area contributed by atoms with Crippen LogP contribution in [-0.2, 0) is 16.1 Å². The third-order valence-corrected chi connectivity index (χ3v) is 7.47. The first kappa shape index (κ1) is 26.8. The Kier molecular flexibility index (Phi) is 6.93. The number of imide groups is 1. The maximum Gasteiger partial charge on any atom is 0.270 e. The molecule has 0 N–H and O–H groups in total. The third kappa shape index (κ3) is 4.55. The predicted octanol–water partition coefficient (Wildman–Crippen LogP) is 5.24.